The molecule has 216 valence electrons. The van der Waals surface area contributed by atoms with Gasteiger partial charge in [-0.25, -0.2) is 0 Å². The summed E-state index contributed by atoms with van der Waals surface area (Å²) in [5.41, 5.74) is -0.252. The molecule has 7 rings (SSSR count). The molecule has 2 aliphatic rings. The van der Waals surface area contributed by atoms with E-state index >= 15 is 0 Å². The van der Waals surface area contributed by atoms with Crippen LogP contribution in [0, 0.1) is 0 Å². The molecule has 5 aromatic rings. The third-order valence-corrected chi connectivity index (χ3v) is 10.4. The molecule has 1 spiro atoms. The number of anilines is 2. The zero-order chi connectivity index (χ0) is 30.0. The molecule has 0 N–H and O–H groups in total. The molecule has 13 heteroatoms. The van der Waals surface area contributed by atoms with E-state index in [2.05, 4.69) is 10.2 Å². The summed E-state index contributed by atoms with van der Waals surface area (Å²) >= 11 is 21.2. The molecule has 1 atom stereocenters. The van der Waals surface area contributed by atoms with Crippen molar-refractivity contribution in [2.45, 2.75) is 29.0 Å². The number of halogens is 3. The van der Waals surface area contributed by atoms with Gasteiger partial charge in [-0.3, -0.25) is 19.3 Å². The predicted molar refractivity (Wildman–Crippen MR) is 170 cm³/mol. The Morgan fingerprint density at radius 3 is 2.53 bits per heavy atom. The standard InChI is InChI=1S/C30H19Cl3N4O4S2/c1-2-11-36-21-6-4-3-5-19(21)30(27(36)40)23-24(38)18-12-16(31)9-10-22(18)41-25(23)26(39)37(30)28-34-35-29(43-28)42-14-15-7-8-17(32)13-20(15)33/h3-10,12-13H,2,11,14H2,1H3. The Hall–Kier alpha value is -3.41. The number of benzene rings is 3. The number of rotatable bonds is 6. The summed E-state index contributed by atoms with van der Waals surface area (Å²) in [6, 6.07) is 17.0. The average molecular weight is 670 g/mol. The minimum atomic E-state index is -1.84. The number of aromatic nitrogens is 2. The minimum absolute atomic E-state index is 0.0549. The third kappa shape index (κ3) is 4.22. The fourth-order valence-corrected chi connectivity index (χ4v) is 8.33. The Bertz CT molecular complexity index is 2050. The highest BCUT2D eigenvalue weighted by Crippen LogP contribution is 2.54. The van der Waals surface area contributed by atoms with Crippen LogP contribution in [0.25, 0.3) is 11.0 Å². The van der Waals surface area contributed by atoms with Crippen LogP contribution < -0.4 is 15.2 Å². The zero-order valence-electron chi connectivity index (χ0n) is 22.3. The highest BCUT2D eigenvalue weighted by atomic mass is 35.5. The summed E-state index contributed by atoms with van der Waals surface area (Å²) in [4.78, 5) is 46.1. The Kier molecular flexibility index (Phi) is 7.02. The molecule has 0 fully saturated rings. The number of carbonyl (C=O) groups is 2. The highest BCUT2D eigenvalue weighted by Gasteiger charge is 2.66. The van der Waals surface area contributed by atoms with E-state index in [1.807, 2.05) is 25.1 Å². The van der Waals surface area contributed by atoms with Gasteiger partial charge in [-0.15, -0.1) is 10.2 Å². The van der Waals surface area contributed by atoms with Crippen molar-refractivity contribution in [2.75, 3.05) is 16.3 Å². The Labute approximate surface area is 268 Å². The van der Waals surface area contributed by atoms with Crippen molar-refractivity contribution in [3.05, 3.63) is 108 Å². The average Bonchev–Trinajstić information content (AvgIpc) is 3.62. The largest absolute Gasteiger partial charge is 0.450 e. The van der Waals surface area contributed by atoms with Gasteiger partial charge in [0.1, 0.15) is 5.58 Å². The Morgan fingerprint density at radius 1 is 0.977 bits per heavy atom. The lowest BCUT2D eigenvalue weighted by Gasteiger charge is -2.32. The van der Waals surface area contributed by atoms with E-state index < -0.39 is 22.8 Å². The minimum Gasteiger partial charge on any atom is -0.450 e. The van der Waals surface area contributed by atoms with Gasteiger partial charge in [-0.2, -0.15) is 0 Å². The van der Waals surface area contributed by atoms with Crippen LogP contribution in [0.4, 0.5) is 10.8 Å². The monoisotopic (exact) mass is 668 g/mol. The van der Waals surface area contributed by atoms with Crippen LogP contribution in [0.15, 0.2) is 74.2 Å². The van der Waals surface area contributed by atoms with Gasteiger partial charge in [0.2, 0.25) is 10.9 Å². The number of nitrogens with zero attached hydrogens (tertiary/aromatic N) is 4. The Morgan fingerprint density at radius 2 is 1.74 bits per heavy atom. The lowest BCUT2D eigenvalue weighted by Crippen LogP contribution is -2.53. The van der Waals surface area contributed by atoms with Crippen molar-refractivity contribution >= 4 is 91.5 Å². The van der Waals surface area contributed by atoms with Gasteiger partial charge < -0.3 is 9.32 Å². The number of fused-ring (bicyclic) bond motifs is 5. The maximum atomic E-state index is 14.7. The summed E-state index contributed by atoms with van der Waals surface area (Å²) in [5, 5.41) is 10.4. The zero-order valence-corrected chi connectivity index (χ0v) is 26.2. The second-order valence-corrected chi connectivity index (χ2v) is 13.4. The van der Waals surface area contributed by atoms with Gasteiger partial charge >= 0.3 is 0 Å². The number of carbonyl (C=O) groups excluding carboxylic acids is 2. The summed E-state index contributed by atoms with van der Waals surface area (Å²) < 4.78 is 6.63. The van der Waals surface area contributed by atoms with Crippen LogP contribution in [0.1, 0.15) is 40.6 Å². The molecule has 2 aliphatic heterocycles. The quantitative estimate of drug-likeness (QED) is 0.136. The van der Waals surface area contributed by atoms with E-state index in [1.54, 1.807) is 35.2 Å². The topological polar surface area (TPSA) is 96.6 Å². The van der Waals surface area contributed by atoms with Crippen molar-refractivity contribution < 1.29 is 14.0 Å². The van der Waals surface area contributed by atoms with E-state index in [9.17, 15) is 14.4 Å². The molecule has 4 heterocycles. The smallest absolute Gasteiger partial charge is 0.297 e. The molecule has 3 aromatic carbocycles. The summed E-state index contributed by atoms with van der Waals surface area (Å²) in [6.45, 7) is 2.34. The summed E-state index contributed by atoms with van der Waals surface area (Å²) in [6.07, 6.45) is 0.658. The predicted octanol–water partition coefficient (Wildman–Crippen LogP) is 7.56. The van der Waals surface area contributed by atoms with E-state index in [1.165, 1.54) is 28.8 Å². The summed E-state index contributed by atoms with van der Waals surface area (Å²) in [5.74, 6) is -0.825. The maximum absolute atomic E-state index is 14.7. The second kappa shape index (κ2) is 10.6. The number of para-hydroxylation sites is 1. The van der Waals surface area contributed by atoms with Gasteiger partial charge in [0.25, 0.3) is 11.8 Å². The van der Waals surface area contributed by atoms with Gasteiger partial charge in [0, 0.05) is 32.9 Å². The first-order valence-corrected chi connectivity index (χ1v) is 16.1. The third-order valence-electron chi connectivity index (χ3n) is 7.49. The molecule has 1 unspecified atom stereocenters. The first-order chi connectivity index (χ1) is 20.7. The van der Waals surface area contributed by atoms with Crippen LogP contribution in [0.3, 0.4) is 0 Å². The van der Waals surface area contributed by atoms with Crippen LogP contribution in [-0.2, 0) is 16.1 Å². The van der Waals surface area contributed by atoms with E-state index in [-0.39, 0.29) is 27.4 Å². The van der Waals surface area contributed by atoms with Gasteiger partial charge in [-0.05, 0) is 48.4 Å². The molecule has 43 heavy (non-hydrogen) atoms. The fraction of sp³-hybridized carbons (Fsp3) is 0.167. The van der Waals surface area contributed by atoms with Crippen LogP contribution in [0.2, 0.25) is 15.1 Å². The van der Waals surface area contributed by atoms with Crippen LogP contribution >= 0.6 is 57.9 Å². The molecule has 0 radical (unpaired) electrons. The maximum Gasteiger partial charge on any atom is 0.297 e. The molecule has 0 bridgehead atoms. The SMILES string of the molecule is CCCN1C(=O)C2(c3ccccc31)c1c(oc3ccc(Cl)cc3c1=O)C(=O)N2c1nnc(SCc2ccc(Cl)cc2Cl)s1. The van der Waals surface area contributed by atoms with Gasteiger partial charge in [-0.1, -0.05) is 89.1 Å². The number of amides is 2. The van der Waals surface area contributed by atoms with E-state index in [4.69, 9.17) is 39.2 Å². The van der Waals surface area contributed by atoms with Gasteiger partial charge in [0.15, 0.2) is 15.3 Å². The second-order valence-electron chi connectivity index (χ2n) is 9.98. The first kappa shape index (κ1) is 28.4. The lowest BCUT2D eigenvalue weighted by molar-refractivity contribution is -0.121. The molecule has 0 saturated heterocycles. The van der Waals surface area contributed by atoms with Crippen LogP contribution in [0.5, 0.6) is 0 Å². The number of hydrogen-bond donors (Lipinski definition) is 0. The highest BCUT2D eigenvalue weighted by molar-refractivity contribution is 8.00. The van der Waals surface area contributed by atoms with E-state index in [0.29, 0.717) is 49.4 Å². The van der Waals surface area contributed by atoms with Crippen molar-refractivity contribution in [3.8, 4) is 0 Å². The number of thioether (sulfide) groups is 1. The normalized spacial score (nSPS) is 17.4. The van der Waals surface area contributed by atoms with Gasteiger partial charge in [0.05, 0.1) is 16.6 Å². The van der Waals surface area contributed by atoms with Crippen molar-refractivity contribution in [1.82, 2.24) is 10.2 Å². The first-order valence-electron chi connectivity index (χ1n) is 13.2. The summed E-state index contributed by atoms with van der Waals surface area (Å²) in [7, 11) is 0. The Balaban J connectivity index is 1.42. The van der Waals surface area contributed by atoms with Crippen LogP contribution in [-0.4, -0.2) is 28.6 Å². The number of hydrogen-bond acceptors (Lipinski definition) is 8. The molecule has 8 nitrogen and oxygen atoms in total. The molecule has 0 aliphatic carbocycles. The molecular weight excluding hydrogens is 651 g/mol. The lowest BCUT2D eigenvalue weighted by atomic mass is 9.84. The fourth-order valence-electron chi connectivity index (χ4n) is 5.71. The van der Waals surface area contributed by atoms with Crippen molar-refractivity contribution in [2.24, 2.45) is 0 Å². The van der Waals surface area contributed by atoms with E-state index in [0.717, 1.165) is 16.9 Å². The molecular formula is C30H19Cl3N4O4S2. The molecule has 2 amide bonds. The molecule has 0 saturated carbocycles. The molecule has 2 aromatic heterocycles. The van der Waals surface area contributed by atoms with Crippen molar-refractivity contribution in [3.63, 3.8) is 0 Å². The van der Waals surface area contributed by atoms with Crippen molar-refractivity contribution in [1.29, 1.82) is 0 Å².